The Labute approximate surface area is 141 Å². The largest absolute Gasteiger partial charge is 0.451 e. The zero-order valence-corrected chi connectivity index (χ0v) is 13.5. The summed E-state index contributed by atoms with van der Waals surface area (Å²) >= 11 is 0. The van der Waals surface area contributed by atoms with Gasteiger partial charge in [-0.25, -0.2) is 0 Å². The molecule has 0 saturated carbocycles. The Morgan fingerprint density at radius 3 is 2.71 bits per heavy atom. The molecule has 0 radical (unpaired) electrons. The molecule has 122 valence electrons. The van der Waals surface area contributed by atoms with Gasteiger partial charge < -0.3 is 9.73 Å². The van der Waals surface area contributed by atoms with E-state index in [0.717, 1.165) is 36.3 Å². The number of hydrogen-bond donors (Lipinski definition) is 1. The predicted octanol–water partition coefficient (Wildman–Crippen LogP) is 4.28. The second kappa shape index (κ2) is 6.49. The fourth-order valence-electron chi connectivity index (χ4n) is 3.23. The van der Waals surface area contributed by atoms with Crippen molar-refractivity contribution in [1.82, 2.24) is 4.90 Å². The number of hydrogen-bond acceptors (Lipinski definition) is 3. The number of amides is 1. The van der Waals surface area contributed by atoms with Crippen LogP contribution in [0.5, 0.6) is 0 Å². The smallest absolute Gasteiger partial charge is 0.291 e. The summed E-state index contributed by atoms with van der Waals surface area (Å²) in [4.78, 5) is 14.9. The van der Waals surface area contributed by atoms with E-state index < -0.39 is 0 Å². The lowest BCUT2D eigenvalue weighted by Crippen LogP contribution is -2.18. The number of carbonyl (C=O) groups excluding carboxylic acids is 1. The molecule has 0 bridgehead atoms. The lowest BCUT2D eigenvalue weighted by Gasteiger charge is -2.15. The summed E-state index contributed by atoms with van der Waals surface area (Å²) in [5, 5.41) is 3.87. The summed E-state index contributed by atoms with van der Waals surface area (Å²) in [6.07, 6.45) is 2.56. The van der Waals surface area contributed by atoms with E-state index in [9.17, 15) is 4.79 Å². The number of anilines is 1. The molecule has 1 fully saturated rings. The Morgan fingerprint density at radius 2 is 1.88 bits per heavy atom. The Hall–Kier alpha value is -2.59. The second-order valence-corrected chi connectivity index (χ2v) is 6.29. The van der Waals surface area contributed by atoms with Crippen molar-refractivity contribution in [3.8, 4) is 0 Å². The fourth-order valence-corrected chi connectivity index (χ4v) is 3.23. The van der Waals surface area contributed by atoms with Gasteiger partial charge in [-0.2, -0.15) is 0 Å². The highest BCUT2D eigenvalue weighted by Crippen LogP contribution is 2.21. The maximum Gasteiger partial charge on any atom is 0.291 e. The molecule has 4 rings (SSSR count). The van der Waals surface area contributed by atoms with Gasteiger partial charge in [-0.05, 0) is 55.8 Å². The van der Waals surface area contributed by atoms with Crippen LogP contribution in [0.15, 0.2) is 59.0 Å². The number of para-hydroxylation sites is 1. The van der Waals surface area contributed by atoms with Crippen molar-refractivity contribution >= 4 is 22.6 Å². The number of nitrogens with zero attached hydrogens (tertiary/aromatic N) is 1. The highest BCUT2D eigenvalue weighted by atomic mass is 16.3. The van der Waals surface area contributed by atoms with Crippen molar-refractivity contribution in [3.05, 3.63) is 65.9 Å². The van der Waals surface area contributed by atoms with Crippen LogP contribution >= 0.6 is 0 Å². The van der Waals surface area contributed by atoms with Crippen LogP contribution in [0.25, 0.3) is 11.0 Å². The summed E-state index contributed by atoms with van der Waals surface area (Å²) in [6, 6.07) is 17.5. The Morgan fingerprint density at radius 1 is 1.04 bits per heavy atom. The van der Waals surface area contributed by atoms with Gasteiger partial charge in [-0.15, -0.1) is 0 Å². The monoisotopic (exact) mass is 320 g/mol. The van der Waals surface area contributed by atoms with Crippen LogP contribution in [0.2, 0.25) is 0 Å². The van der Waals surface area contributed by atoms with Gasteiger partial charge in [0.25, 0.3) is 5.91 Å². The molecule has 1 saturated heterocycles. The first-order valence-electron chi connectivity index (χ1n) is 8.39. The average Bonchev–Trinajstić information content (AvgIpc) is 3.24. The SMILES string of the molecule is O=C(Nc1cccc(CN2CCCC2)c1)c1cc2ccccc2o1. The first-order valence-corrected chi connectivity index (χ1v) is 8.39. The van der Waals surface area contributed by atoms with Gasteiger partial charge in [-0.3, -0.25) is 9.69 Å². The lowest BCUT2D eigenvalue weighted by atomic mass is 10.2. The van der Waals surface area contributed by atoms with Gasteiger partial charge in [0.2, 0.25) is 0 Å². The molecule has 2 aromatic carbocycles. The number of carbonyl (C=O) groups is 1. The second-order valence-electron chi connectivity index (χ2n) is 6.29. The third kappa shape index (κ3) is 3.19. The summed E-state index contributed by atoms with van der Waals surface area (Å²) in [7, 11) is 0. The predicted molar refractivity (Wildman–Crippen MR) is 95.1 cm³/mol. The molecule has 4 nitrogen and oxygen atoms in total. The molecule has 1 aromatic heterocycles. The average molecular weight is 320 g/mol. The number of rotatable bonds is 4. The molecule has 1 N–H and O–H groups in total. The van der Waals surface area contributed by atoms with Gasteiger partial charge in [0.1, 0.15) is 5.58 Å². The number of furan rings is 1. The summed E-state index contributed by atoms with van der Waals surface area (Å²) in [5.74, 6) is 0.116. The van der Waals surface area contributed by atoms with Gasteiger partial charge in [0.05, 0.1) is 0 Å². The first kappa shape index (κ1) is 15.0. The van der Waals surface area contributed by atoms with Crippen molar-refractivity contribution in [2.75, 3.05) is 18.4 Å². The number of benzene rings is 2. The third-order valence-electron chi connectivity index (χ3n) is 4.44. The minimum absolute atomic E-state index is 0.218. The van der Waals surface area contributed by atoms with Crippen LogP contribution in [0.4, 0.5) is 5.69 Å². The van der Waals surface area contributed by atoms with E-state index in [1.54, 1.807) is 6.07 Å². The zero-order chi connectivity index (χ0) is 16.4. The van der Waals surface area contributed by atoms with Crippen LogP contribution in [0, 0.1) is 0 Å². The summed E-state index contributed by atoms with van der Waals surface area (Å²) < 4.78 is 5.62. The van der Waals surface area contributed by atoms with Gasteiger partial charge in [0.15, 0.2) is 5.76 Å². The van der Waals surface area contributed by atoms with E-state index in [1.807, 2.05) is 42.5 Å². The van der Waals surface area contributed by atoms with Crippen molar-refractivity contribution in [3.63, 3.8) is 0 Å². The van der Waals surface area contributed by atoms with Crippen molar-refractivity contribution < 1.29 is 9.21 Å². The minimum Gasteiger partial charge on any atom is -0.451 e. The Kier molecular flexibility index (Phi) is 4.05. The zero-order valence-electron chi connectivity index (χ0n) is 13.5. The molecule has 4 heteroatoms. The van der Waals surface area contributed by atoms with Crippen LogP contribution in [-0.4, -0.2) is 23.9 Å². The molecule has 24 heavy (non-hydrogen) atoms. The van der Waals surface area contributed by atoms with E-state index in [0.29, 0.717) is 5.76 Å². The standard InChI is InChI=1S/C20H20N2O2/c23-20(19-13-16-7-1-2-9-18(16)24-19)21-17-8-5-6-15(12-17)14-22-10-3-4-11-22/h1-2,5-9,12-13H,3-4,10-11,14H2,(H,21,23). The number of fused-ring (bicyclic) bond motifs is 1. The van der Waals surface area contributed by atoms with Crippen LogP contribution in [0.3, 0.4) is 0 Å². The third-order valence-corrected chi connectivity index (χ3v) is 4.44. The maximum atomic E-state index is 12.4. The molecule has 0 spiro atoms. The van der Waals surface area contributed by atoms with Crippen molar-refractivity contribution in [2.24, 2.45) is 0 Å². The van der Waals surface area contributed by atoms with Crippen LogP contribution in [-0.2, 0) is 6.54 Å². The van der Waals surface area contributed by atoms with Crippen molar-refractivity contribution in [2.45, 2.75) is 19.4 Å². The quantitative estimate of drug-likeness (QED) is 0.780. The molecule has 0 unspecified atom stereocenters. The molecule has 0 aliphatic carbocycles. The first-order chi connectivity index (χ1) is 11.8. The van der Waals surface area contributed by atoms with Crippen LogP contribution < -0.4 is 5.32 Å². The molecule has 3 aromatic rings. The molecule has 1 amide bonds. The lowest BCUT2D eigenvalue weighted by molar-refractivity contribution is 0.0998. The molecular weight excluding hydrogens is 300 g/mol. The van der Waals surface area contributed by atoms with Gasteiger partial charge in [-0.1, -0.05) is 30.3 Å². The van der Waals surface area contributed by atoms with Gasteiger partial charge in [0, 0.05) is 17.6 Å². The highest BCUT2D eigenvalue weighted by Gasteiger charge is 2.14. The van der Waals surface area contributed by atoms with E-state index in [-0.39, 0.29) is 5.91 Å². The van der Waals surface area contributed by atoms with Gasteiger partial charge >= 0.3 is 0 Å². The molecule has 1 aliphatic rings. The maximum absolute atomic E-state index is 12.4. The number of nitrogens with one attached hydrogen (secondary N) is 1. The van der Waals surface area contributed by atoms with Crippen molar-refractivity contribution in [1.29, 1.82) is 0 Å². The van der Waals surface area contributed by atoms with Crippen LogP contribution in [0.1, 0.15) is 29.0 Å². The molecule has 1 aliphatic heterocycles. The molecule has 0 atom stereocenters. The Balaban J connectivity index is 1.48. The summed E-state index contributed by atoms with van der Waals surface area (Å²) in [6.45, 7) is 3.26. The fraction of sp³-hybridized carbons (Fsp3) is 0.250. The van der Waals surface area contributed by atoms with E-state index in [1.165, 1.54) is 18.4 Å². The Bertz CT molecular complexity index is 830. The summed E-state index contributed by atoms with van der Waals surface area (Å²) in [5.41, 5.74) is 2.75. The van der Waals surface area contributed by atoms with E-state index in [2.05, 4.69) is 16.3 Å². The minimum atomic E-state index is -0.218. The molecule has 2 heterocycles. The number of likely N-dealkylation sites (tertiary alicyclic amines) is 1. The van der Waals surface area contributed by atoms with E-state index in [4.69, 9.17) is 4.42 Å². The molecular formula is C20H20N2O2. The normalized spacial score (nSPS) is 15.0. The van der Waals surface area contributed by atoms with E-state index >= 15 is 0 Å². The highest BCUT2D eigenvalue weighted by molar-refractivity contribution is 6.04. The topological polar surface area (TPSA) is 45.5 Å².